The molecule has 1 aliphatic rings. The number of sulfonamides is 1. The number of hydrogen-bond donors (Lipinski definition) is 1. The maximum Gasteiger partial charge on any atom is 0.261 e. The molecule has 166 valence electrons. The summed E-state index contributed by atoms with van der Waals surface area (Å²) in [5, 5.41) is 0. The predicted octanol–water partition coefficient (Wildman–Crippen LogP) is 3.71. The molecule has 4 rings (SSSR count). The van der Waals surface area contributed by atoms with E-state index >= 15 is 0 Å². The third-order valence-corrected chi connectivity index (χ3v) is 6.57. The lowest BCUT2D eigenvalue weighted by Gasteiger charge is -2.29. The lowest BCUT2D eigenvalue weighted by molar-refractivity contribution is 0.0521. The van der Waals surface area contributed by atoms with Crippen molar-refractivity contribution in [1.82, 2.24) is 4.90 Å². The van der Waals surface area contributed by atoms with Gasteiger partial charge in [-0.2, -0.15) is 0 Å². The molecule has 0 aromatic heterocycles. The number of nitrogens with one attached hydrogen (secondary N) is 1. The number of fused-ring (bicyclic) bond motifs is 1. The van der Waals surface area contributed by atoms with Gasteiger partial charge in [-0.25, -0.2) is 8.42 Å². The van der Waals surface area contributed by atoms with Crippen LogP contribution in [-0.2, 0) is 10.0 Å². The van der Waals surface area contributed by atoms with E-state index in [4.69, 9.17) is 9.47 Å². The van der Waals surface area contributed by atoms with Gasteiger partial charge < -0.3 is 14.4 Å². The Morgan fingerprint density at radius 2 is 1.66 bits per heavy atom. The van der Waals surface area contributed by atoms with Gasteiger partial charge in [0.1, 0.15) is 6.61 Å². The highest BCUT2D eigenvalue weighted by atomic mass is 32.2. The molecule has 0 saturated heterocycles. The smallest absolute Gasteiger partial charge is 0.261 e. The van der Waals surface area contributed by atoms with Crippen molar-refractivity contribution in [2.45, 2.75) is 17.9 Å². The van der Waals surface area contributed by atoms with E-state index in [0.717, 1.165) is 5.56 Å². The lowest BCUT2D eigenvalue weighted by atomic mass is 10.2. The number of amides is 1. The molecule has 1 atom stereocenters. The van der Waals surface area contributed by atoms with Gasteiger partial charge in [-0.05, 0) is 55.0 Å². The van der Waals surface area contributed by atoms with Crippen molar-refractivity contribution in [3.05, 3.63) is 83.9 Å². The van der Waals surface area contributed by atoms with Crippen molar-refractivity contribution in [3.8, 4) is 11.5 Å². The molecule has 1 unspecified atom stereocenters. The molecule has 0 saturated carbocycles. The maximum atomic E-state index is 12.8. The molecule has 0 aliphatic carbocycles. The first-order valence-corrected chi connectivity index (χ1v) is 11.6. The van der Waals surface area contributed by atoms with Crippen LogP contribution in [0.2, 0.25) is 0 Å². The fraction of sp³-hybridized carbons (Fsp3) is 0.208. The van der Waals surface area contributed by atoms with E-state index < -0.39 is 10.0 Å². The zero-order valence-corrected chi connectivity index (χ0v) is 18.6. The normalized spacial score (nSPS) is 15.1. The Labute approximate surface area is 187 Å². The molecule has 0 spiro atoms. The molecule has 1 heterocycles. The first-order valence-electron chi connectivity index (χ1n) is 10.2. The Bertz CT molecular complexity index is 1230. The predicted molar refractivity (Wildman–Crippen MR) is 122 cm³/mol. The highest BCUT2D eigenvalue weighted by Gasteiger charge is 2.24. The number of rotatable bonds is 6. The lowest BCUT2D eigenvalue weighted by Crippen LogP contribution is -2.41. The molecule has 32 heavy (non-hydrogen) atoms. The summed E-state index contributed by atoms with van der Waals surface area (Å²) in [6.45, 7) is 2.51. The number of benzene rings is 3. The molecular weight excluding hydrogens is 428 g/mol. The molecule has 7 nitrogen and oxygen atoms in total. The average Bonchev–Trinajstić information content (AvgIpc) is 2.80. The fourth-order valence-electron chi connectivity index (χ4n) is 3.43. The molecule has 1 N–H and O–H groups in total. The van der Waals surface area contributed by atoms with Crippen molar-refractivity contribution in [3.63, 3.8) is 0 Å². The highest BCUT2D eigenvalue weighted by molar-refractivity contribution is 7.92. The Hall–Kier alpha value is -3.52. The fourth-order valence-corrected chi connectivity index (χ4v) is 4.56. The quantitative estimate of drug-likeness (QED) is 0.616. The van der Waals surface area contributed by atoms with Crippen LogP contribution in [0.15, 0.2) is 77.7 Å². The number of likely N-dealkylation sites (N-methyl/N-ethyl adjacent to an activating group) is 1. The monoisotopic (exact) mass is 452 g/mol. The molecule has 3 aromatic carbocycles. The van der Waals surface area contributed by atoms with Gasteiger partial charge in [0.2, 0.25) is 0 Å². The van der Waals surface area contributed by atoms with Crippen LogP contribution >= 0.6 is 0 Å². The van der Waals surface area contributed by atoms with Gasteiger partial charge in [0.05, 0.1) is 17.1 Å². The van der Waals surface area contributed by atoms with Gasteiger partial charge in [-0.1, -0.05) is 30.3 Å². The average molecular weight is 453 g/mol. The largest absolute Gasteiger partial charge is 0.486 e. The van der Waals surface area contributed by atoms with E-state index in [2.05, 4.69) is 4.72 Å². The zero-order valence-electron chi connectivity index (χ0n) is 17.8. The highest BCUT2D eigenvalue weighted by Crippen LogP contribution is 2.31. The van der Waals surface area contributed by atoms with Crippen molar-refractivity contribution < 1.29 is 22.7 Å². The van der Waals surface area contributed by atoms with Gasteiger partial charge in [0.15, 0.2) is 17.6 Å². The molecule has 0 bridgehead atoms. The first kappa shape index (κ1) is 21.7. The molecule has 1 amide bonds. The van der Waals surface area contributed by atoms with Crippen molar-refractivity contribution in [1.29, 1.82) is 0 Å². The van der Waals surface area contributed by atoms with Gasteiger partial charge >= 0.3 is 0 Å². The number of para-hydroxylation sites is 3. The second-order valence-electron chi connectivity index (χ2n) is 7.63. The van der Waals surface area contributed by atoms with Gasteiger partial charge in [0.25, 0.3) is 15.9 Å². The van der Waals surface area contributed by atoms with Crippen LogP contribution in [-0.4, -0.2) is 45.5 Å². The summed E-state index contributed by atoms with van der Waals surface area (Å²) >= 11 is 0. The number of nitrogens with zero attached hydrogens (tertiary/aromatic N) is 1. The summed E-state index contributed by atoms with van der Waals surface area (Å²) in [4.78, 5) is 14.4. The topological polar surface area (TPSA) is 84.9 Å². The van der Waals surface area contributed by atoms with Crippen LogP contribution in [0.25, 0.3) is 0 Å². The van der Waals surface area contributed by atoms with Crippen LogP contribution in [0.4, 0.5) is 5.69 Å². The van der Waals surface area contributed by atoms with Crippen LogP contribution in [0.3, 0.4) is 0 Å². The van der Waals surface area contributed by atoms with Crippen molar-refractivity contribution >= 4 is 21.6 Å². The van der Waals surface area contributed by atoms with Gasteiger partial charge in [-0.15, -0.1) is 0 Å². The Balaban J connectivity index is 1.41. The summed E-state index contributed by atoms with van der Waals surface area (Å²) in [5.41, 5.74) is 1.73. The summed E-state index contributed by atoms with van der Waals surface area (Å²) in [6, 6.07) is 20.4. The minimum atomic E-state index is -3.76. The second-order valence-corrected chi connectivity index (χ2v) is 9.31. The number of aryl methyl sites for hydroxylation is 1. The Kier molecular flexibility index (Phi) is 6.05. The van der Waals surface area contributed by atoms with E-state index in [1.165, 1.54) is 29.2 Å². The summed E-state index contributed by atoms with van der Waals surface area (Å²) in [5.74, 6) is 1.11. The number of anilines is 1. The zero-order chi connectivity index (χ0) is 22.7. The van der Waals surface area contributed by atoms with E-state index in [0.29, 0.717) is 35.9 Å². The second kappa shape index (κ2) is 8.92. The van der Waals surface area contributed by atoms with E-state index in [9.17, 15) is 13.2 Å². The van der Waals surface area contributed by atoms with E-state index in [1.54, 1.807) is 19.2 Å². The molecule has 3 aromatic rings. The number of carbonyl (C=O) groups is 1. The minimum Gasteiger partial charge on any atom is -0.486 e. The first-order chi connectivity index (χ1) is 15.3. The molecule has 0 radical (unpaired) electrons. The van der Waals surface area contributed by atoms with Crippen molar-refractivity contribution in [2.24, 2.45) is 0 Å². The SMILES string of the molecule is Cc1ccccc1NS(=O)(=O)c1ccc(C(=O)N(C)CC2COc3ccccc3O2)cc1. The molecular formula is C24H24N2O5S. The standard InChI is InChI=1S/C24H24N2O5S/c1-17-7-3-4-8-21(17)25-32(28,29)20-13-11-18(12-14-20)24(27)26(2)15-19-16-30-22-9-5-6-10-23(22)31-19/h3-14,19,25H,15-16H2,1-2H3. The number of ether oxygens (including phenoxy) is 2. The number of carbonyl (C=O) groups excluding carboxylic acids is 1. The van der Waals surface area contributed by atoms with Gasteiger partial charge in [0, 0.05) is 12.6 Å². The van der Waals surface area contributed by atoms with Crippen LogP contribution in [0, 0.1) is 6.92 Å². The summed E-state index contributed by atoms with van der Waals surface area (Å²) < 4.78 is 39.6. The summed E-state index contributed by atoms with van der Waals surface area (Å²) in [6.07, 6.45) is -0.295. The van der Waals surface area contributed by atoms with Crippen LogP contribution in [0.1, 0.15) is 15.9 Å². The Morgan fingerprint density at radius 3 is 2.38 bits per heavy atom. The third kappa shape index (κ3) is 4.70. The van der Waals surface area contributed by atoms with Crippen molar-refractivity contribution in [2.75, 3.05) is 24.9 Å². The van der Waals surface area contributed by atoms with Gasteiger partial charge in [-0.3, -0.25) is 9.52 Å². The summed E-state index contributed by atoms with van der Waals surface area (Å²) in [7, 11) is -2.08. The molecule has 8 heteroatoms. The van der Waals surface area contributed by atoms with E-state index in [1.807, 2.05) is 43.3 Å². The van der Waals surface area contributed by atoms with Crippen LogP contribution in [0.5, 0.6) is 11.5 Å². The molecule has 1 aliphatic heterocycles. The minimum absolute atomic E-state index is 0.0839. The molecule has 0 fully saturated rings. The Morgan fingerprint density at radius 1 is 1.00 bits per heavy atom. The van der Waals surface area contributed by atoms with Crippen LogP contribution < -0.4 is 14.2 Å². The maximum absolute atomic E-state index is 12.8. The van der Waals surface area contributed by atoms with E-state index in [-0.39, 0.29) is 16.9 Å². The number of hydrogen-bond acceptors (Lipinski definition) is 5. The third-order valence-electron chi connectivity index (χ3n) is 5.19.